The molecule has 1 aliphatic rings. The summed E-state index contributed by atoms with van der Waals surface area (Å²) in [6.45, 7) is 3.29. The van der Waals surface area contributed by atoms with E-state index >= 15 is 0 Å². The van der Waals surface area contributed by atoms with Crippen molar-refractivity contribution in [1.82, 2.24) is 10.2 Å². The first-order valence-corrected chi connectivity index (χ1v) is 9.37. The molecular formula is C21H26N2O3. The van der Waals surface area contributed by atoms with Gasteiger partial charge in [0.2, 0.25) is 5.91 Å². The molecule has 0 unspecified atom stereocenters. The third-order valence-electron chi connectivity index (χ3n) is 4.85. The minimum Gasteiger partial charge on any atom is -0.456 e. The Bertz CT molecular complexity index is 731. The van der Waals surface area contributed by atoms with Gasteiger partial charge in [-0.25, -0.2) is 0 Å². The highest BCUT2D eigenvalue weighted by molar-refractivity contribution is 5.91. The maximum Gasteiger partial charge on any atom is 0.289 e. The Morgan fingerprint density at radius 1 is 1.12 bits per heavy atom. The monoisotopic (exact) mass is 354 g/mol. The lowest BCUT2D eigenvalue weighted by Crippen LogP contribution is -2.46. The van der Waals surface area contributed by atoms with Gasteiger partial charge in [0.1, 0.15) is 5.76 Å². The molecule has 2 amide bonds. The Hall–Kier alpha value is -2.56. The Morgan fingerprint density at radius 2 is 1.85 bits per heavy atom. The van der Waals surface area contributed by atoms with Crippen LogP contribution in [-0.4, -0.2) is 35.8 Å². The Balaban J connectivity index is 1.41. The van der Waals surface area contributed by atoms with Crippen molar-refractivity contribution in [3.05, 3.63) is 59.5 Å². The molecular weight excluding hydrogens is 328 g/mol. The number of nitrogens with zero attached hydrogens (tertiary/aromatic N) is 1. The van der Waals surface area contributed by atoms with E-state index in [2.05, 4.69) is 5.32 Å². The normalized spacial score (nSPS) is 15.0. The number of rotatable bonds is 6. The molecule has 0 saturated carbocycles. The van der Waals surface area contributed by atoms with Gasteiger partial charge in [0.25, 0.3) is 5.91 Å². The van der Waals surface area contributed by atoms with Gasteiger partial charge < -0.3 is 14.6 Å². The third-order valence-corrected chi connectivity index (χ3v) is 4.85. The first-order chi connectivity index (χ1) is 12.7. The molecule has 138 valence electrons. The average molecular weight is 354 g/mol. The molecule has 1 aliphatic heterocycles. The van der Waals surface area contributed by atoms with Crippen LogP contribution < -0.4 is 5.32 Å². The van der Waals surface area contributed by atoms with Crippen molar-refractivity contribution >= 4 is 11.8 Å². The van der Waals surface area contributed by atoms with Gasteiger partial charge in [-0.2, -0.15) is 0 Å². The molecule has 1 fully saturated rings. The second-order valence-corrected chi connectivity index (χ2v) is 6.74. The lowest BCUT2D eigenvalue weighted by atomic mass is 10.0. The minimum absolute atomic E-state index is 0.0569. The van der Waals surface area contributed by atoms with Crippen LogP contribution in [0.15, 0.2) is 46.9 Å². The van der Waals surface area contributed by atoms with E-state index in [-0.39, 0.29) is 17.9 Å². The number of likely N-dealkylation sites (tertiary alicyclic amines) is 1. The summed E-state index contributed by atoms with van der Waals surface area (Å²) in [5.74, 6) is 1.26. The van der Waals surface area contributed by atoms with E-state index in [1.165, 1.54) is 5.56 Å². The SMILES string of the molecule is CCc1ccc(C(=O)N2CCC(NC(=O)CCc3ccccc3)CC2)o1. The Morgan fingerprint density at radius 3 is 2.50 bits per heavy atom. The van der Waals surface area contributed by atoms with Gasteiger partial charge in [0.05, 0.1) is 0 Å². The van der Waals surface area contributed by atoms with E-state index in [0.29, 0.717) is 25.3 Å². The van der Waals surface area contributed by atoms with Gasteiger partial charge in [-0.1, -0.05) is 37.3 Å². The first kappa shape index (κ1) is 18.2. The van der Waals surface area contributed by atoms with Gasteiger partial charge in [-0.3, -0.25) is 9.59 Å². The average Bonchev–Trinajstić information content (AvgIpc) is 3.16. The van der Waals surface area contributed by atoms with Crippen molar-refractivity contribution in [3.8, 4) is 0 Å². The third kappa shape index (κ3) is 4.75. The number of aryl methyl sites for hydroxylation is 2. The summed E-state index contributed by atoms with van der Waals surface area (Å²) in [5, 5.41) is 3.10. The second-order valence-electron chi connectivity index (χ2n) is 6.74. The van der Waals surface area contributed by atoms with E-state index in [1.54, 1.807) is 6.07 Å². The molecule has 5 heteroatoms. The maximum atomic E-state index is 12.5. The maximum absolute atomic E-state index is 12.5. The van der Waals surface area contributed by atoms with Crippen LogP contribution in [0.25, 0.3) is 0 Å². The van der Waals surface area contributed by atoms with Gasteiger partial charge in [0.15, 0.2) is 5.76 Å². The molecule has 26 heavy (non-hydrogen) atoms. The highest BCUT2D eigenvalue weighted by Gasteiger charge is 2.26. The molecule has 0 aliphatic carbocycles. The lowest BCUT2D eigenvalue weighted by molar-refractivity contribution is -0.122. The largest absolute Gasteiger partial charge is 0.456 e. The number of benzene rings is 1. The van der Waals surface area contributed by atoms with Gasteiger partial charge >= 0.3 is 0 Å². The zero-order valence-electron chi connectivity index (χ0n) is 15.2. The highest BCUT2D eigenvalue weighted by Crippen LogP contribution is 2.16. The number of hydrogen-bond acceptors (Lipinski definition) is 3. The van der Waals surface area contributed by atoms with Crippen molar-refractivity contribution in [2.24, 2.45) is 0 Å². The summed E-state index contributed by atoms with van der Waals surface area (Å²) in [5.41, 5.74) is 1.17. The number of carbonyl (C=O) groups is 2. The van der Waals surface area contributed by atoms with Crippen molar-refractivity contribution in [3.63, 3.8) is 0 Å². The zero-order valence-corrected chi connectivity index (χ0v) is 15.2. The summed E-state index contributed by atoms with van der Waals surface area (Å²) < 4.78 is 5.55. The van der Waals surface area contributed by atoms with Crippen LogP contribution in [-0.2, 0) is 17.6 Å². The predicted molar refractivity (Wildman–Crippen MR) is 99.9 cm³/mol. The number of amides is 2. The molecule has 5 nitrogen and oxygen atoms in total. The molecule has 1 N–H and O–H groups in total. The summed E-state index contributed by atoms with van der Waals surface area (Å²) in [7, 11) is 0. The van der Waals surface area contributed by atoms with E-state index in [4.69, 9.17) is 4.42 Å². The fourth-order valence-electron chi connectivity index (χ4n) is 3.27. The van der Waals surface area contributed by atoms with Crippen LogP contribution >= 0.6 is 0 Å². The summed E-state index contributed by atoms with van der Waals surface area (Å²) >= 11 is 0. The van der Waals surface area contributed by atoms with Crippen molar-refractivity contribution < 1.29 is 14.0 Å². The van der Waals surface area contributed by atoms with Gasteiger partial charge in [-0.05, 0) is 37.0 Å². The summed E-state index contributed by atoms with van der Waals surface area (Å²) in [4.78, 5) is 26.4. The molecule has 1 aromatic heterocycles. The topological polar surface area (TPSA) is 62.6 Å². The fraction of sp³-hybridized carbons (Fsp3) is 0.429. The van der Waals surface area contributed by atoms with Crippen molar-refractivity contribution in [2.45, 2.75) is 45.1 Å². The molecule has 0 spiro atoms. The molecule has 0 radical (unpaired) electrons. The van der Waals surface area contributed by atoms with E-state index in [0.717, 1.165) is 31.4 Å². The van der Waals surface area contributed by atoms with E-state index < -0.39 is 0 Å². The second kappa shape index (κ2) is 8.70. The van der Waals surface area contributed by atoms with Gasteiger partial charge in [0, 0.05) is 32.0 Å². The Labute approximate surface area is 154 Å². The fourth-order valence-corrected chi connectivity index (χ4v) is 3.27. The number of piperidine rings is 1. The summed E-state index contributed by atoms with van der Waals surface area (Å²) in [6.07, 6.45) is 3.59. The molecule has 1 saturated heterocycles. The standard InChI is InChI=1S/C21H26N2O3/c1-2-18-9-10-19(26-18)21(25)23-14-12-17(13-15-23)22-20(24)11-8-16-6-4-3-5-7-16/h3-7,9-10,17H,2,8,11-15H2,1H3,(H,22,24). The predicted octanol–water partition coefficient (Wildman–Crippen LogP) is 3.20. The quantitative estimate of drug-likeness (QED) is 0.866. The van der Waals surface area contributed by atoms with Crippen LogP contribution in [0.4, 0.5) is 0 Å². The zero-order chi connectivity index (χ0) is 18.4. The summed E-state index contributed by atoms with van der Waals surface area (Å²) in [6, 6.07) is 13.8. The van der Waals surface area contributed by atoms with Crippen LogP contribution in [0.2, 0.25) is 0 Å². The smallest absolute Gasteiger partial charge is 0.289 e. The molecule has 0 atom stereocenters. The Kier molecular flexibility index (Phi) is 6.10. The van der Waals surface area contributed by atoms with Crippen LogP contribution in [0.1, 0.15) is 48.1 Å². The molecule has 2 heterocycles. The molecule has 0 bridgehead atoms. The number of carbonyl (C=O) groups excluding carboxylic acids is 2. The highest BCUT2D eigenvalue weighted by atomic mass is 16.4. The lowest BCUT2D eigenvalue weighted by Gasteiger charge is -2.32. The van der Waals surface area contributed by atoms with Gasteiger partial charge in [-0.15, -0.1) is 0 Å². The molecule has 1 aromatic carbocycles. The number of hydrogen-bond donors (Lipinski definition) is 1. The molecule has 3 rings (SSSR count). The van der Waals surface area contributed by atoms with Crippen LogP contribution in [0.5, 0.6) is 0 Å². The number of furan rings is 1. The minimum atomic E-state index is -0.0569. The van der Waals surface area contributed by atoms with Crippen LogP contribution in [0, 0.1) is 0 Å². The van der Waals surface area contributed by atoms with E-state index in [1.807, 2.05) is 48.2 Å². The first-order valence-electron chi connectivity index (χ1n) is 9.37. The number of nitrogens with one attached hydrogen (secondary N) is 1. The molecule has 2 aromatic rings. The van der Waals surface area contributed by atoms with Crippen molar-refractivity contribution in [2.75, 3.05) is 13.1 Å². The van der Waals surface area contributed by atoms with Crippen molar-refractivity contribution in [1.29, 1.82) is 0 Å². The van der Waals surface area contributed by atoms with E-state index in [9.17, 15) is 9.59 Å². The van der Waals surface area contributed by atoms with Crippen LogP contribution in [0.3, 0.4) is 0 Å².